The molecule has 0 radical (unpaired) electrons. The molecule has 5 rings (SSSR count). The number of nitrogens with one attached hydrogen (secondary N) is 2. The number of benzene rings is 2. The van der Waals surface area contributed by atoms with Crippen molar-refractivity contribution in [2.24, 2.45) is 0 Å². The minimum absolute atomic E-state index is 0.0207. The van der Waals surface area contributed by atoms with E-state index in [9.17, 15) is 4.79 Å². The Morgan fingerprint density at radius 2 is 1.92 bits per heavy atom. The number of thiocarbonyl (C=S) groups is 1. The third kappa shape index (κ3) is 5.19. The second-order valence-electron chi connectivity index (χ2n) is 8.33. The van der Waals surface area contributed by atoms with Gasteiger partial charge in [-0.05, 0) is 72.9 Å². The average molecular weight is 553 g/mol. The van der Waals surface area contributed by atoms with Gasteiger partial charge in [0.05, 0.1) is 21.8 Å². The predicted molar refractivity (Wildman–Crippen MR) is 149 cm³/mol. The number of pyridine rings is 1. The van der Waals surface area contributed by atoms with E-state index in [1.807, 2.05) is 71.6 Å². The fourth-order valence-electron chi connectivity index (χ4n) is 4.31. The maximum atomic E-state index is 11.9. The van der Waals surface area contributed by atoms with E-state index in [2.05, 4.69) is 15.6 Å². The molecule has 0 bridgehead atoms. The van der Waals surface area contributed by atoms with Crippen molar-refractivity contribution in [3.63, 3.8) is 0 Å². The van der Waals surface area contributed by atoms with Crippen LogP contribution < -0.4 is 15.5 Å². The first-order chi connectivity index (χ1) is 18.0. The number of amides is 1. The van der Waals surface area contributed by atoms with Gasteiger partial charge in [-0.1, -0.05) is 35.3 Å². The van der Waals surface area contributed by atoms with Crippen LogP contribution in [0.1, 0.15) is 23.5 Å². The van der Waals surface area contributed by atoms with Crippen molar-refractivity contribution < 1.29 is 13.9 Å². The molecule has 2 aromatic heterocycles. The molecule has 188 valence electrons. The van der Waals surface area contributed by atoms with Crippen LogP contribution in [0, 0.1) is 0 Å². The summed E-state index contributed by atoms with van der Waals surface area (Å²) in [5.41, 5.74) is 2.99. The Balaban J connectivity index is 1.52. The van der Waals surface area contributed by atoms with Gasteiger partial charge in [-0.15, -0.1) is 0 Å². The Labute approximate surface area is 229 Å². The maximum absolute atomic E-state index is 11.9. The van der Waals surface area contributed by atoms with Crippen LogP contribution in [0.5, 0.6) is 0 Å². The first kappa shape index (κ1) is 25.2. The Kier molecular flexibility index (Phi) is 7.43. The third-order valence-corrected chi connectivity index (χ3v) is 7.07. The number of carbonyl (C=O) groups is 1. The minimum atomic E-state index is -0.344. The SMILES string of the molecule is COCC(=O)Nc1ccc(N2C(=S)N[C@H](c3ccccn3)[C@@H]2c2ccc(-c3cccc(Cl)c3Cl)o2)cc1. The molecule has 7 nitrogen and oxygen atoms in total. The Morgan fingerprint density at radius 1 is 1.11 bits per heavy atom. The molecule has 2 aromatic carbocycles. The van der Waals surface area contributed by atoms with Crippen LogP contribution in [0.25, 0.3) is 11.3 Å². The molecule has 3 heterocycles. The Morgan fingerprint density at radius 3 is 2.65 bits per heavy atom. The Hall–Kier alpha value is -3.43. The maximum Gasteiger partial charge on any atom is 0.250 e. The largest absolute Gasteiger partial charge is 0.459 e. The van der Waals surface area contributed by atoms with E-state index < -0.39 is 0 Å². The first-order valence-electron chi connectivity index (χ1n) is 11.4. The van der Waals surface area contributed by atoms with Crippen molar-refractivity contribution in [3.05, 3.63) is 100 Å². The molecule has 0 aliphatic carbocycles. The summed E-state index contributed by atoms with van der Waals surface area (Å²) in [7, 11) is 1.47. The molecular weight excluding hydrogens is 531 g/mol. The van der Waals surface area contributed by atoms with Gasteiger partial charge in [0.2, 0.25) is 5.91 Å². The van der Waals surface area contributed by atoms with Gasteiger partial charge >= 0.3 is 0 Å². The summed E-state index contributed by atoms with van der Waals surface area (Å²) in [4.78, 5) is 18.4. The molecule has 10 heteroatoms. The lowest BCUT2D eigenvalue weighted by Crippen LogP contribution is -2.29. The zero-order valence-electron chi connectivity index (χ0n) is 19.7. The van der Waals surface area contributed by atoms with Crippen LogP contribution >= 0.6 is 35.4 Å². The topological polar surface area (TPSA) is 79.6 Å². The number of ether oxygens (including phenoxy) is 1. The fraction of sp³-hybridized carbons (Fsp3) is 0.148. The molecule has 1 aliphatic heterocycles. The highest BCUT2D eigenvalue weighted by atomic mass is 35.5. The summed E-state index contributed by atoms with van der Waals surface area (Å²) < 4.78 is 11.2. The minimum Gasteiger partial charge on any atom is -0.459 e. The average Bonchev–Trinajstić information content (AvgIpc) is 3.51. The highest BCUT2D eigenvalue weighted by Gasteiger charge is 2.42. The second kappa shape index (κ2) is 10.9. The lowest BCUT2D eigenvalue weighted by atomic mass is 10.0. The van der Waals surface area contributed by atoms with E-state index in [-0.39, 0.29) is 24.6 Å². The van der Waals surface area contributed by atoms with E-state index in [0.29, 0.717) is 37.9 Å². The number of rotatable bonds is 7. The number of hydrogen-bond donors (Lipinski definition) is 2. The van der Waals surface area contributed by atoms with Crippen LogP contribution in [0.3, 0.4) is 0 Å². The summed E-state index contributed by atoms with van der Waals surface area (Å²) in [6.45, 7) is -0.0207. The molecular formula is C27H22Cl2N4O3S. The summed E-state index contributed by atoms with van der Waals surface area (Å²) in [5.74, 6) is 1.03. The van der Waals surface area contributed by atoms with E-state index in [1.54, 1.807) is 12.3 Å². The summed E-state index contributed by atoms with van der Waals surface area (Å²) >= 11 is 18.5. The van der Waals surface area contributed by atoms with Crippen molar-refractivity contribution in [1.29, 1.82) is 0 Å². The van der Waals surface area contributed by atoms with Crippen molar-refractivity contribution in [2.75, 3.05) is 23.9 Å². The number of anilines is 2. The lowest BCUT2D eigenvalue weighted by molar-refractivity contribution is -0.119. The van der Waals surface area contributed by atoms with Gasteiger partial charge in [0.1, 0.15) is 24.2 Å². The smallest absolute Gasteiger partial charge is 0.250 e. The monoisotopic (exact) mass is 552 g/mol. The molecule has 2 N–H and O–H groups in total. The molecule has 1 fully saturated rings. The number of nitrogens with zero attached hydrogens (tertiary/aromatic N) is 2. The molecule has 37 heavy (non-hydrogen) atoms. The zero-order valence-corrected chi connectivity index (χ0v) is 22.0. The number of methoxy groups -OCH3 is 1. The molecule has 1 amide bonds. The van der Waals surface area contributed by atoms with Gasteiger partial charge in [0, 0.05) is 30.2 Å². The van der Waals surface area contributed by atoms with Crippen molar-refractivity contribution in [3.8, 4) is 11.3 Å². The molecule has 1 saturated heterocycles. The molecule has 2 atom stereocenters. The van der Waals surface area contributed by atoms with Crippen molar-refractivity contribution in [1.82, 2.24) is 10.3 Å². The van der Waals surface area contributed by atoms with Crippen LogP contribution in [-0.4, -0.2) is 29.7 Å². The fourth-order valence-corrected chi connectivity index (χ4v) is 5.05. The van der Waals surface area contributed by atoms with E-state index in [1.165, 1.54) is 7.11 Å². The molecule has 1 aliphatic rings. The zero-order chi connectivity index (χ0) is 25.9. The number of furan rings is 1. The predicted octanol–water partition coefficient (Wildman–Crippen LogP) is 6.41. The molecule has 0 spiro atoms. The summed E-state index contributed by atoms with van der Waals surface area (Å²) in [5, 5.41) is 7.60. The number of carbonyl (C=O) groups excluding carboxylic acids is 1. The third-order valence-electron chi connectivity index (χ3n) is 5.94. The van der Waals surface area contributed by atoms with Gasteiger partial charge in [0.25, 0.3) is 0 Å². The van der Waals surface area contributed by atoms with Crippen molar-refractivity contribution in [2.45, 2.75) is 12.1 Å². The summed E-state index contributed by atoms with van der Waals surface area (Å²) in [6, 6.07) is 21.7. The van der Waals surface area contributed by atoms with Crippen LogP contribution in [-0.2, 0) is 9.53 Å². The molecule has 4 aromatic rings. The van der Waals surface area contributed by atoms with Gasteiger partial charge in [-0.2, -0.15) is 0 Å². The highest BCUT2D eigenvalue weighted by molar-refractivity contribution is 7.80. The van der Waals surface area contributed by atoms with Gasteiger partial charge in [-0.25, -0.2) is 0 Å². The van der Waals surface area contributed by atoms with E-state index >= 15 is 0 Å². The number of hydrogen-bond acceptors (Lipinski definition) is 5. The molecule has 0 saturated carbocycles. The second-order valence-corrected chi connectivity index (χ2v) is 9.50. The Bertz CT molecular complexity index is 1430. The molecule has 0 unspecified atom stereocenters. The van der Waals surface area contributed by atoms with E-state index in [0.717, 1.165) is 11.4 Å². The van der Waals surface area contributed by atoms with Crippen molar-refractivity contribution >= 4 is 57.8 Å². The standard InChI is InChI=1S/C27H22Cl2N4O3S/c1-35-15-23(34)31-16-8-10-17(11-9-16)33-26(25(32-27(33)37)20-7-2-3-14-30-20)22-13-12-21(36-22)18-5-4-6-19(28)24(18)29/h2-14,25-26H,15H2,1H3,(H,31,34)(H,32,37)/t25-,26+/m1/s1. The van der Waals surface area contributed by atoms with Crippen LogP contribution in [0.4, 0.5) is 11.4 Å². The summed E-state index contributed by atoms with van der Waals surface area (Å²) in [6.07, 6.45) is 1.75. The normalized spacial score (nSPS) is 17.1. The number of aromatic nitrogens is 1. The van der Waals surface area contributed by atoms with E-state index in [4.69, 9.17) is 44.6 Å². The quantitative estimate of drug-likeness (QED) is 0.256. The van der Waals surface area contributed by atoms with Gasteiger partial charge in [-0.3, -0.25) is 9.78 Å². The highest BCUT2D eigenvalue weighted by Crippen LogP contribution is 2.44. The van der Waals surface area contributed by atoms with Gasteiger partial charge < -0.3 is 24.7 Å². The lowest BCUT2D eigenvalue weighted by Gasteiger charge is -2.26. The number of halogens is 2. The van der Waals surface area contributed by atoms with Crippen LogP contribution in [0.2, 0.25) is 10.0 Å². The van der Waals surface area contributed by atoms with Gasteiger partial charge in [0.15, 0.2) is 5.11 Å². The van der Waals surface area contributed by atoms with Crippen LogP contribution in [0.15, 0.2) is 83.4 Å². The first-order valence-corrected chi connectivity index (χ1v) is 12.6.